The molecule has 4 heteroatoms. The van der Waals surface area contributed by atoms with Gasteiger partial charge in [0.15, 0.2) is 6.17 Å². The van der Waals surface area contributed by atoms with E-state index in [0.717, 1.165) is 12.2 Å². The van der Waals surface area contributed by atoms with Crippen LogP contribution in [0.2, 0.25) is 0 Å². The van der Waals surface area contributed by atoms with Crippen LogP contribution in [-0.4, -0.2) is 18.0 Å². The smallest absolute Gasteiger partial charge is 0.269 e. The van der Waals surface area contributed by atoms with Gasteiger partial charge >= 0.3 is 0 Å². The van der Waals surface area contributed by atoms with E-state index < -0.39 is 18.0 Å². The Balaban J connectivity index is 2.82. The van der Waals surface area contributed by atoms with Gasteiger partial charge in [-0.15, -0.1) is 0 Å². The number of amides is 1. The molecule has 1 rings (SSSR count). The van der Waals surface area contributed by atoms with Crippen molar-refractivity contribution in [2.24, 2.45) is 4.99 Å². The van der Waals surface area contributed by atoms with Gasteiger partial charge in [-0.3, -0.25) is 4.79 Å². The number of halogens is 2. The van der Waals surface area contributed by atoms with E-state index in [1.54, 1.807) is 0 Å². The number of hydrogen-bond acceptors (Lipinski definition) is 1. The molecule has 1 amide bonds. The first kappa shape index (κ1) is 6.07. The number of nitrogens with zero attached hydrogens (tertiary/aromatic N) is 1. The van der Waals surface area contributed by atoms with Crippen molar-refractivity contribution in [1.82, 2.24) is 0 Å². The highest BCUT2D eigenvalue weighted by atomic mass is 19.1. The maximum Gasteiger partial charge on any atom is 0.286 e. The van der Waals surface area contributed by atoms with Gasteiger partial charge in [0.2, 0.25) is 5.97 Å². The lowest BCUT2D eigenvalue weighted by atomic mass is 10.3. The minimum absolute atomic E-state index is 0.824. The van der Waals surface area contributed by atoms with Gasteiger partial charge in [0.25, 0.3) is 5.91 Å². The quantitative estimate of drug-likeness (QED) is 0.477. The zero-order valence-corrected chi connectivity index (χ0v) is 4.34. The SMILES string of the molecule is O=C1N=C(F)C=CC1F. The van der Waals surface area contributed by atoms with Gasteiger partial charge in [0, 0.05) is 0 Å². The van der Waals surface area contributed by atoms with Crippen molar-refractivity contribution in [3.8, 4) is 0 Å². The van der Waals surface area contributed by atoms with E-state index in [1.165, 1.54) is 0 Å². The summed E-state index contributed by atoms with van der Waals surface area (Å²) in [7, 11) is 0. The second-order valence-corrected chi connectivity index (χ2v) is 1.53. The van der Waals surface area contributed by atoms with E-state index in [0.29, 0.717) is 0 Å². The van der Waals surface area contributed by atoms with Crippen LogP contribution in [0.4, 0.5) is 8.78 Å². The summed E-state index contributed by atoms with van der Waals surface area (Å²) in [4.78, 5) is 12.9. The summed E-state index contributed by atoms with van der Waals surface area (Å²) in [6, 6.07) is 0. The van der Waals surface area contributed by atoms with Crippen LogP contribution in [0, 0.1) is 0 Å². The predicted octanol–water partition coefficient (Wildman–Crippen LogP) is 0.789. The fraction of sp³-hybridized carbons (Fsp3) is 0.200. The summed E-state index contributed by atoms with van der Waals surface area (Å²) in [5.74, 6) is -2.01. The van der Waals surface area contributed by atoms with Crippen LogP contribution in [0.3, 0.4) is 0 Å². The van der Waals surface area contributed by atoms with E-state index in [2.05, 4.69) is 4.99 Å². The second-order valence-electron chi connectivity index (χ2n) is 1.53. The third kappa shape index (κ3) is 1.19. The van der Waals surface area contributed by atoms with E-state index in [-0.39, 0.29) is 0 Å². The minimum atomic E-state index is -1.76. The molecule has 1 aliphatic heterocycles. The Morgan fingerprint density at radius 3 is 2.78 bits per heavy atom. The zero-order valence-electron chi connectivity index (χ0n) is 4.34. The molecule has 0 aliphatic carbocycles. The van der Waals surface area contributed by atoms with Gasteiger partial charge in [-0.2, -0.15) is 9.38 Å². The van der Waals surface area contributed by atoms with Crippen LogP contribution >= 0.6 is 0 Å². The molecule has 0 fully saturated rings. The van der Waals surface area contributed by atoms with Gasteiger partial charge < -0.3 is 0 Å². The van der Waals surface area contributed by atoms with Gasteiger partial charge in [0.05, 0.1) is 0 Å². The fourth-order valence-electron chi connectivity index (χ4n) is 0.450. The maximum absolute atomic E-state index is 12.0. The molecular weight excluding hydrogens is 128 g/mol. The maximum atomic E-state index is 12.0. The average Bonchev–Trinajstić information content (AvgIpc) is 1.80. The van der Waals surface area contributed by atoms with Crippen molar-refractivity contribution in [2.75, 3.05) is 0 Å². The lowest BCUT2D eigenvalue weighted by molar-refractivity contribution is -0.121. The monoisotopic (exact) mass is 131 g/mol. The summed E-state index contributed by atoms with van der Waals surface area (Å²) in [6.07, 6.45) is -0.110. The molecule has 0 aromatic heterocycles. The topological polar surface area (TPSA) is 29.4 Å². The third-order valence-corrected chi connectivity index (χ3v) is 0.856. The van der Waals surface area contributed by atoms with Crippen LogP contribution in [-0.2, 0) is 4.79 Å². The van der Waals surface area contributed by atoms with E-state index in [4.69, 9.17) is 0 Å². The summed E-state index contributed by atoms with van der Waals surface area (Å²) >= 11 is 0. The van der Waals surface area contributed by atoms with E-state index in [1.807, 2.05) is 0 Å². The number of aliphatic imine (C=N–C) groups is 1. The van der Waals surface area contributed by atoms with Crippen molar-refractivity contribution >= 4 is 11.9 Å². The lowest BCUT2D eigenvalue weighted by Crippen LogP contribution is -2.15. The number of hydrogen-bond donors (Lipinski definition) is 0. The van der Waals surface area contributed by atoms with Crippen LogP contribution in [0.5, 0.6) is 0 Å². The highest BCUT2D eigenvalue weighted by Gasteiger charge is 2.17. The fourth-order valence-corrected chi connectivity index (χ4v) is 0.450. The third-order valence-electron chi connectivity index (χ3n) is 0.856. The Hall–Kier alpha value is -1.06. The molecule has 0 N–H and O–H groups in total. The number of dihydropyridines is 1. The molecule has 0 aromatic rings. The van der Waals surface area contributed by atoms with Gasteiger partial charge in [-0.05, 0) is 12.2 Å². The Labute approximate surface area is 49.9 Å². The molecule has 0 spiro atoms. The molecule has 0 radical (unpaired) electrons. The van der Waals surface area contributed by atoms with Crippen LogP contribution < -0.4 is 0 Å². The first-order valence-corrected chi connectivity index (χ1v) is 2.30. The molecule has 0 bridgehead atoms. The number of rotatable bonds is 0. The zero-order chi connectivity index (χ0) is 6.85. The van der Waals surface area contributed by atoms with Crippen molar-refractivity contribution in [1.29, 1.82) is 0 Å². The first-order chi connectivity index (χ1) is 4.20. The van der Waals surface area contributed by atoms with E-state index >= 15 is 0 Å². The molecule has 0 aromatic carbocycles. The molecule has 48 valence electrons. The Kier molecular flexibility index (Phi) is 1.38. The Morgan fingerprint density at radius 1 is 1.67 bits per heavy atom. The van der Waals surface area contributed by atoms with Crippen LogP contribution in [0.25, 0.3) is 0 Å². The van der Waals surface area contributed by atoms with E-state index in [9.17, 15) is 13.6 Å². The molecule has 1 aliphatic rings. The highest BCUT2D eigenvalue weighted by Crippen LogP contribution is 2.03. The Bertz CT molecular complexity index is 197. The molecule has 9 heavy (non-hydrogen) atoms. The van der Waals surface area contributed by atoms with Crippen molar-refractivity contribution in [3.63, 3.8) is 0 Å². The van der Waals surface area contributed by atoms with Crippen molar-refractivity contribution < 1.29 is 13.6 Å². The van der Waals surface area contributed by atoms with Crippen molar-refractivity contribution in [3.05, 3.63) is 12.2 Å². The normalized spacial score (nSPS) is 26.2. The van der Waals surface area contributed by atoms with Crippen molar-refractivity contribution in [2.45, 2.75) is 6.17 Å². The number of alkyl halides is 1. The summed E-state index contributed by atoms with van der Waals surface area (Å²) in [5, 5.41) is 0. The van der Waals surface area contributed by atoms with Gasteiger partial charge in [-0.1, -0.05) is 0 Å². The largest absolute Gasteiger partial charge is 0.286 e. The molecule has 0 saturated heterocycles. The minimum Gasteiger partial charge on any atom is -0.269 e. The van der Waals surface area contributed by atoms with Crippen LogP contribution in [0.1, 0.15) is 0 Å². The molecular formula is C5H3F2NO. The molecule has 0 saturated carbocycles. The summed E-state index contributed by atoms with van der Waals surface area (Å²) in [5.41, 5.74) is 0. The molecule has 1 unspecified atom stereocenters. The Morgan fingerprint density at radius 2 is 2.33 bits per heavy atom. The number of allylic oxidation sites excluding steroid dienone is 1. The predicted molar refractivity (Wildman–Crippen MR) is 27.6 cm³/mol. The number of carbonyl (C=O) groups excluding carboxylic acids is 1. The molecule has 1 heterocycles. The van der Waals surface area contributed by atoms with Gasteiger partial charge in [0.1, 0.15) is 0 Å². The van der Waals surface area contributed by atoms with Crippen LogP contribution in [0.15, 0.2) is 17.1 Å². The highest BCUT2D eigenvalue weighted by molar-refractivity contribution is 6.02. The first-order valence-electron chi connectivity index (χ1n) is 2.30. The average molecular weight is 131 g/mol. The standard InChI is InChI=1S/C5H3F2NO/c6-3-1-2-4(7)8-5(3)9/h1-3H. The van der Waals surface area contributed by atoms with Gasteiger partial charge in [-0.25, -0.2) is 4.39 Å². The number of carbonyl (C=O) groups is 1. The summed E-state index contributed by atoms with van der Waals surface area (Å²) in [6.45, 7) is 0. The second kappa shape index (κ2) is 2.05. The lowest BCUT2D eigenvalue weighted by Gasteiger charge is -1.99. The summed E-state index contributed by atoms with van der Waals surface area (Å²) < 4.78 is 23.9. The molecule has 2 nitrogen and oxygen atoms in total. The molecule has 1 atom stereocenters.